The first-order chi connectivity index (χ1) is 14.2. The third kappa shape index (κ3) is 4.32. The van der Waals surface area contributed by atoms with Gasteiger partial charge in [0.05, 0.1) is 22.3 Å². The second-order valence-electron chi connectivity index (χ2n) is 6.28. The molecule has 0 fully saturated rings. The van der Waals surface area contributed by atoms with Gasteiger partial charge in [0, 0.05) is 22.2 Å². The Hall–Kier alpha value is -2.35. The molecule has 0 atom stereocenters. The van der Waals surface area contributed by atoms with Crippen LogP contribution >= 0.6 is 34.9 Å². The van der Waals surface area contributed by atoms with Crippen LogP contribution in [0, 0.1) is 0 Å². The first-order valence-corrected chi connectivity index (χ1v) is 12.2. The van der Waals surface area contributed by atoms with Crippen molar-refractivity contribution in [2.45, 2.75) is 16.3 Å². The van der Waals surface area contributed by atoms with Crippen LogP contribution in [0.1, 0.15) is 15.9 Å². The fourth-order valence-electron chi connectivity index (χ4n) is 3.00. The van der Waals surface area contributed by atoms with Crippen molar-refractivity contribution in [1.82, 2.24) is 9.97 Å². The molecule has 29 heavy (non-hydrogen) atoms. The molecule has 0 saturated heterocycles. The highest BCUT2D eigenvalue weighted by Crippen LogP contribution is 2.34. The number of anilines is 1. The van der Waals surface area contributed by atoms with E-state index in [9.17, 15) is 4.79 Å². The SMILES string of the molecule is CSc1ccc2nc(N(Cc3cccnc3)C(=O)c3ccccc3SC)sc2c1. The summed E-state index contributed by atoms with van der Waals surface area (Å²) >= 11 is 4.82. The van der Waals surface area contributed by atoms with Gasteiger partial charge in [-0.2, -0.15) is 0 Å². The van der Waals surface area contributed by atoms with E-state index in [4.69, 9.17) is 4.98 Å². The summed E-state index contributed by atoms with van der Waals surface area (Å²) in [6.45, 7) is 0.421. The third-order valence-corrected chi connectivity index (χ3v) is 7.02. The van der Waals surface area contributed by atoms with Crippen LogP contribution in [0.25, 0.3) is 10.2 Å². The van der Waals surface area contributed by atoms with E-state index in [0.29, 0.717) is 17.2 Å². The summed E-state index contributed by atoms with van der Waals surface area (Å²) in [5.41, 5.74) is 2.56. The number of rotatable bonds is 6. The van der Waals surface area contributed by atoms with Gasteiger partial charge in [0.15, 0.2) is 5.13 Å². The van der Waals surface area contributed by atoms with Crippen LogP contribution in [0.3, 0.4) is 0 Å². The summed E-state index contributed by atoms with van der Waals surface area (Å²) < 4.78 is 1.08. The predicted octanol–water partition coefficient (Wildman–Crippen LogP) is 5.98. The summed E-state index contributed by atoms with van der Waals surface area (Å²) in [6.07, 6.45) is 7.57. The normalized spacial score (nSPS) is 11.0. The Balaban J connectivity index is 1.79. The molecule has 0 unspecified atom stereocenters. The van der Waals surface area contributed by atoms with Crippen molar-refractivity contribution in [3.05, 3.63) is 78.1 Å². The largest absolute Gasteiger partial charge is 0.279 e. The molecular formula is C22H19N3OS3. The fourth-order valence-corrected chi connectivity index (χ4v) is 5.11. The molecule has 0 aliphatic rings. The molecule has 4 rings (SSSR count). The minimum atomic E-state index is -0.0528. The summed E-state index contributed by atoms with van der Waals surface area (Å²) in [7, 11) is 0. The topological polar surface area (TPSA) is 46.1 Å². The molecule has 0 bridgehead atoms. The summed E-state index contributed by atoms with van der Waals surface area (Å²) in [4.78, 5) is 26.5. The number of hydrogen-bond acceptors (Lipinski definition) is 6. The molecular weight excluding hydrogens is 418 g/mol. The monoisotopic (exact) mass is 437 g/mol. The van der Waals surface area contributed by atoms with Crippen LogP contribution in [0.15, 0.2) is 76.8 Å². The third-order valence-electron chi connectivity index (χ3n) is 4.46. The number of carbonyl (C=O) groups excluding carboxylic acids is 1. The molecule has 0 N–H and O–H groups in total. The van der Waals surface area contributed by atoms with Crippen LogP contribution in [-0.2, 0) is 6.54 Å². The van der Waals surface area contributed by atoms with Gasteiger partial charge in [-0.05, 0) is 54.5 Å². The highest BCUT2D eigenvalue weighted by atomic mass is 32.2. The van der Waals surface area contributed by atoms with Crippen molar-refractivity contribution >= 4 is 56.1 Å². The van der Waals surface area contributed by atoms with Crippen molar-refractivity contribution in [2.24, 2.45) is 0 Å². The van der Waals surface area contributed by atoms with Crippen LogP contribution in [-0.4, -0.2) is 28.4 Å². The quantitative estimate of drug-likeness (QED) is 0.347. The molecule has 0 saturated carbocycles. The second-order valence-corrected chi connectivity index (χ2v) is 9.02. The zero-order chi connectivity index (χ0) is 20.2. The predicted molar refractivity (Wildman–Crippen MR) is 124 cm³/mol. The van der Waals surface area contributed by atoms with Gasteiger partial charge in [0.1, 0.15) is 0 Å². The highest BCUT2D eigenvalue weighted by molar-refractivity contribution is 7.98. The van der Waals surface area contributed by atoms with Crippen molar-refractivity contribution in [2.75, 3.05) is 17.4 Å². The van der Waals surface area contributed by atoms with Crippen LogP contribution in [0.5, 0.6) is 0 Å². The molecule has 2 aromatic carbocycles. The summed E-state index contributed by atoms with van der Waals surface area (Å²) in [6, 6.07) is 17.8. The van der Waals surface area contributed by atoms with E-state index in [1.165, 1.54) is 4.90 Å². The number of nitrogens with zero attached hydrogens (tertiary/aromatic N) is 3. The molecule has 2 aromatic heterocycles. The maximum atomic E-state index is 13.6. The number of fused-ring (bicyclic) bond motifs is 1. The van der Waals surface area contributed by atoms with Gasteiger partial charge in [-0.3, -0.25) is 14.7 Å². The van der Waals surface area contributed by atoms with Gasteiger partial charge in [-0.25, -0.2) is 4.98 Å². The van der Waals surface area contributed by atoms with Crippen LogP contribution in [0.2, 0.25) is 0 Å². The van der Waals surface area contributed by atoms with E-state index in [1.54, 1.807) is 52.2 Å². The molecule has 0 aliphatic carbocycles. The van der Waals surface area contributed by atoms with Gasteiger partial charge < -0.3 is 0 Å². The molecule has 1 amide bonds. The number of benzene rings is 2. The molecule has 0 aliphatic heterocycles. The highest BCUT2D eigenvalue weighted by Gasteiger charge is 2.23. The van der Waals surface area contributed by atoms with E-state index in [1.807, 2.05) is 48.7 Å². The Kier molecular flexibility index (Phi) is 6.18. The first kappa shape index (κ1) is 19.9. The van der Waals surface area contributed by atoms with Crippen molar-refractivity contribution in [1.29, 1.82) is 0 Å². The number of amides is 1. The van der Waals surface area contributed by atoms with Crippen molar-refractivity contribution < 1.29 is 4.79 Å². The van der Waals surface area contributed by atoms with Gasteiger partial charge in [-0.1, -0.05) is 29.5 Å². The molecule has 146 valence electrons. The zero-order valence-electron chi connectivity index (χ0n) is 16.0. The minimum Gasteiger partial charge on any atom is -0.279 e. The van der Waals surface area contributed by atoms with Gasteiger partial charge >= 0.3 is 0 Å². The van der Waals surface area contributed by atoms with Gasteiger partial charge in [0.25, 0.3) is 5.91 Å². The number of pyridine rings is 1. The zero-order valence-corrected chi connectivity index (χ0v) is 18.5. The maximum Gasteiger partial charge on any atom is 0.261 e. The maximum absolute atomic E-state index is 13.6. The molecule has 4 aromatic rings. The van der Waals surface area contributed by atoms with Crippen LogP contribution in [0.4, 0.5) is 5.13 Å². The molecule has 0 spiro atoms. The lowest BCUT2D eigenvalue weighted by Gasteiger charge is -2.21. The fraction of sp³-hybridized carbons (Fsp3) is 0.136. The van der Waals surface area contributed by atoms with E-state index >= 15 is 0 Å². The number of carbonyl (C=O) groups is 1. The van der Waals surface area contributed by atoms with Gasteiger partial charge in [-0.15, -0.1) is 23.5 Å². The Morgan fingerprint density at radius 2 is 1.93 bits per heavy atom. The number of thioether (sulfide) groups is 2. The molecule has 2 heterocycles. The smallest absolute Gasteiger partial charge is 0.261 e. The minimum absolute atomic E-state index is 0.0528. The van der Waals surface area contributed by atoms with E-state index in [0.717, 1.165) is 20.7 Å². The second kappa shape index (κ2) is 8.98. The Morgan fingerprint density at radius 3 is 2.69 bits per heavy atom. The molecule has 4 nitrogen and oxygen atoms in total. The molecule has 7 heteroatoms. The number of aromatic nitrogens is 2. The standard InChI is InChI=1S/C22H19N3OS3/c1-27-16-9-10-18-20(12-16)29-22(24-18)25(14-15-6-5-11-23-13-15)21(26)17-7-3-4-8-19(17)28-2/h3-13H,14H2,1-2H3. The lowest BCUT2D eigenvalue weighted by Crippen LogP contribution is -2.30. The number of thiazole rings is 1. The average molecular weight is 438 g/mol. The Morgan fingerprint density at radius 1 is 1.07 bits per heavy atom. The van der Waals surface area contributed by atoms with Gasteiger partial charge in [0.2, 0.25) is 0 Å². The van der Waals surface area contributed by atoms with Crippen molar-refractivity contribution in [3.8, 4) is 0 Å². The number of hydrogen-bond donors (Lipinski definition) is 0. The first-order valence-electron chi connectivity index (χ1n) is 8.98. The lowest BCUT2D eigenvalue weighted by atomic mass is 10.2. The summed E-state index contributed by atoms with van der Waals surface area (Å²) in [5.74, 6) is -0.0528. The summed E-state index contributed by atoms with van der Waals surface area (Å²) in [5, 5.41) is 0.697. The van der Waals surface area contributed by atoms with Crippen LogP contribution < -0.4 is 4.90 Å². The van der Waals surface area contributed by atoms with E-state index in [2.05, 4.69) is 23.4 Å². The Labute approximate surface area is 182 Å². The van der Waals surface area contributed by atoms with E-state index < -0.39 is 0 Å². The van der Waals surface area contributed by atoms with E-state index in [-0.39, 0.29) is 5.91 Å². The lowest BCUT2D eigenvalue weighted by molar-refractivity contribution is 0.0982. The molecule has 0 radical (unpaired) electrons. The average Bonchev–Trinajstić information content (AvgIpc) is 3.20. The Bertz CT molecular complexity index is 1140. The van der Waals surface area contributed by atoms with Crippen molar-refractivity contribution in [3.63, 3.8) is 0 Å².